The van der Waals surface area contributed by atoms with Crippen LogP contribution in [-0.2, 0) is 21.1 Å². The molecule has 0 aliphatic heterocycles. The first-order valence-corrected chi connectivity index (χ1v) is 9.61. The van der Waals surface area contributed by atoms with Crippen molar-refractivity contribution in [1.29, 1.82) is 0 Å². The van der Waals surface area contributed by atoms with Crippen LogP contribution in [-0.4, -0.2) is 32.7 Å². The highest BCUT2D eigenvalue weighted by molar-refractivity contribution is 7.93. The van der Waals surface area contributed by atoms with Gasteiger partial charge < -0.3 is 11.1 Å². The zero-order valence-corrected chi connectivity index (χ0v) is 14.7. The molecule has 0 unspecified atom stereocenters. The summed E-state index contributed by atoms with van der Waals surface area (Å²) in [5.74, 6) is 0.0347. The summed E-state index contributed by atoms with van der Waals surface area (Å²) in [5, 5.41) is 3.95. The highest BCUT2D eigenvalue weighted by Gasteiger charge is 2.18. The molecule has 0 saturated heterocycles. The van der Waals surface area contributed by atoms with Gasteiger partial charge in [-0.15, -0.1) is 0 Å². The second-order valence-corrected chi connectivity index (χ2v) is 8.13. The third-order valence-electron chi connectivity index (χ3n) is 3.25. The van der Waals surface area contributed by atoms with Crippen molar-refractivity contribution in [2.24, 2.45) is 11.7 Å². The second-order valence-electron chi connectivity index (χ2n) is 6.20. The van der Waals surface area contributed by atoms with E-state index in [1.54, 1.807) is 0 Å². The molecule has 0 aliphatic rings. The van der Waals surface area contributed by atoms with Crippen LogP contribution in [0, 0.1) is 5.92 Å². The smallest absolute Gasteiger partial charge is 0.237 e. The standard InChI is InChI=1S/C17H26N2O3S/c1-13(2)11-15(9-10-23(3,21)22)19-17(20)16(18)12-14-7-5-4-6-8-14/h4-10,13,15-16H,11-12,18H2,1-3H3,(H,19,20)/b10-9+/t15-,16+/m1/s1. The molecule has 128 valence electrons. The van der Waals surface area contributed by atoms with Crippen molar-refractivity contribution in [1.82, 2.24) is 5.32 Å². The van der Waals surface area contributed by atoms with Crippen molar-refractivity contribution < 1.29 is 13.2 Å². The molecule has 0 radical (unpaired) electrons. The maximum atomic E-state index is 12.2. The van der Waals surface area contributed by atoms with Gasteiger partial charge in [-0.1, -0.05) is 50.3 Å². The Morgan fingerprint density at radius 3 is 2.39 bits per heavy atom. The number of carbonyl (C=O) groups is 1. The first kappa shape index (κ1) is 19.4. The zero-order valence-electron chi connectivity index (χ0n) is 13.9. The lowest BCUT2D eigenvalue weighted by Crippen LogP contribution is -2.46. The molecule has 0 fully saturated rings. The average molecular weight is 338 g/mol. The van der Waals surface area contributed by atoms with E-state index < -0.39 is 15.9 Å². The molecule has 2 atom stereocenters. The Kier molecular flexibility index (Phi) is 7.45. The van der Waals surface area contributed by atoms with E-state index in [0.717, 1.165) is 17.2 Å². The van der Waals surface area contributed by atoms with Crippen LogP contribution in [0.2, 0.25) is 0 Å². The minimum absolute atomic E-state index is 0.280. The lowest BCUT2D eigenvalue weighted by atomic mass is 10.0. The SMILES string of the molecule is CC(C)C[C@@H](/C=C/S(C)(=O)=O)NC(=O)[C@@H](N)Cc1ccccc1. The molecule has 0 bridgehead atoms. The van der Waals surface area contributed by atoms with Gasteiger partial charge in [-0.2, -0.15) is 0 Å². The third-order valence-corrected chi connectivity index (χ3v) is 3.90. The van der Waals surface area contributed by atoms with E-state index in [9.17, 15) is 13.2 Å². The molecule has 3 N–H and O–H groups in total. The minimum atomic E-state index is -3.22. The van der Waals surface area contributed by atoms with Crippen LogP contribution in [0.4, 0.5) is 0 Å². The fourth-order valence-corrected chi connectivity index (χ4v) is 2.66. The van der Waals surface area contributed by atoms with E-state index in [1.807, 2.05) is 44.2 Å². The van der Waals surface area contributed by atoms with E-state index >= 15 is 0 Å². The van der Waals surface area contributed by atoms with E-state index in [-0.39, 0.29) is 11.9 Å². The molecule has 6 heteroatoms. The van der Waals surface area contributed by atoms with Gasteiger partial charge in [-0.25, -0.2) is 8.42 Å². The van der Waals surface area contributed by atoms with Gasteiger partial charge >= 0.3 is 0 Å². The molecule has 0 heterocycles. The number of amides is 1. The molecule has 1 rings (SSSR count). The van der Waals surface area contributed by atoms with Crippen LogP contribution < -0.4 is 11.1 Å². The van der Waals surface area contributed by atoms with Gasteiger partial charge in [0.1, 0.15) is 0 Å². The summed E-state index contributed by atoms with van der Waals surface area (Å²) in [5.41, 5.74) is 6.94. The van der Waals surface area contributed by atoms with Crippen molar-refractivity contribution in [3.8, 4) is 0 Å². The van der Waals surface area contributed by atoms with E-state index in [4.69, 9.17) is 5.73 Å². The summed E-state index contributed by atoms with van der Waals surface area (Å²) in [6.07, 6.45) is 3.73. The molecule has 0 saturated carbocycles. The monoisotopic (exact) mass is 338 g/mol. The molecule has 0 aliphatic carbocycles. The minimum Gasteiger partial charge on any atom is -0.349 e. The van der Waals surface area contributed by atoms with Crippen molar-refractivity contribution in [2.75, 3.05) is 6.26 Å². The molecule has 0 aromatic heterocycles. The molecule has 23 heavy (non-hydrogen) atoms. The van der Waals surface area contributed by atoms with Gasteiger partial charge in [0, 0.05) is 17.7 Å². The van der Waals surface area contributed by atoms with Crippen LogP contribution in [0.25, 0.3) is 0 Å². The number of benzene rings is 1. The zero-order chi connectivity index (χ0) is 17.5. The van der Waals surface area contributed by atoms with Gasteiger partial charge in [0.15, 0.2) is 9.84 Å². The Morgan fingerprint density at radius 1 is 1.26 bits per heavy atom. The number of hydrogen-bond acceptors (Lipinski definition) is 4. The van der Waals surface area contributed by atoms with Crippen molar-refractivity contribution >= 4 is 15.7 Å². The van der Waals surface area contributed by atoms with E-state index in [0.29, 0.717) is 18.8 Å². The Hall–Kier alpha value is -1.66. The predicted octanol–water partition coefficient (Wildman–Crippen LogP) is 1.65. The predicted molar refractivity (Wildman–Crippen MR) is 93.5 cm³/mol. The van der Waals surface area contributed by atoms with Crippen LogP contribution >= 0.6 is 0 Å². The van der Waals surface area contributed by atoms with E-state index in [2.05, 4.69) is 5.32 Å². The number of sulfone groups is 1. The summed E-state index contributed by atoms with van der Waals surface area (Å²) in [4.78, 5) is 12.2. The molecule has 5 nitrogen and oxygen atoms in total. The quantitative estimate of drug-likeness (QED) is 0.754. The van der Waals surface area contributed by atoms with Crippen LogP contribution in [0.3, 0.4) is 0 Å². The van der Waals surface area contributed by atoms with Crippen LogP contribution in [0.5, 0.6) is 0 Å². The lowest BCUT2D eigenvalue weighted by Gasteiger charge is -2.20. The summed E-state index contributed by atoms with van der Waals surface area (Å²) in [7, 11) is -3.22. The number of hydrogen-bond donors (Lipinski definition) is 2. The molecule has 1 amide bonds. The number of nitrogens with one attached hydrogen (secondary N) is 1. The van der Waals surface area contributed by atoms with Gasteiger partial charge in [-0.05, 0) is 24.3 Å². The Morgan fingerprint density at radius 2 is 1.87 bits per heavy atom. The Balaban J connectivity index is 2.70. The van der Waals surface area contributed by atoms with Gasteiger partial charge in [0.25, 0.3) is 0 Å². The van der Waals surface area contributed by atoms with E-state index in [1.165, 1.54) is 6.08 Å². The molecule has 1 aromatic rings. The normalized spacial score (nSPS) is 14.8. The second kappa shape index (κ2) is 8.84. The fourth-order valence-electron chi connectivity index (χ4n) is 2.18. The molecular weight excluding hydrogens is 312 g/mol. The topological polar surface area (TPSA) is 89.3 Å². The maximum Gasteiger partial charge on any atom is 0.237 e. The number of carbonyl (C=O) groups excluding carboxylic acids is 1. The molecular formula is C17H26N2O3S. The van der Waals surface area contributed by atoms with Crippen molar-refractivity contribution in [2.45, 2.75) is 38.8 Å². The van der Waals surface area contributed by atoms with Crippen molar-refractivity contribution in [3.63, 3.8) is 0 Å². The summed E-state index contributed by atoms with van der Waals surface area (Å²) < 4.78 is 22.5. The molecule has 0 spiro atoms. The summed E-state index contributed by atoms with van der Waals surface area (Å²) in [6, 6.07) is 8.53. The van der Waals surface area contributed by atoms with Gasteiger partial charge in [0.2, 0.25) is 5.91 Å². The van der Waals surface area contributed by atoms with Gasteiger partial charge in [0.05, 0.1) is 6.04 Å². The highest BCUT2D eigenvalue weighted by Crippen LogP contribution is 2.08. The molecule has 1 aromatic carbocycles. The van der Waals surface area contributed by atoms with Crippen molar-refractivity contribution in [3.05, 3.63) is 47.4 Å². The Bertz CT molecular complexity index is 624. The highest BCUT2D eigenvalue weighted by atomic mass is 32.2. The maximum absolute atomic E-state index is 12.2. The Labute approximate surface area is 138 Å². The number of nitrogens with two attached hydrogens (primary N) is 1. The average Bonchev–Trinajstić information content (AvgIpc) is 2.44. The van der Waals surface area contributed by atoms with Crippen LogP contribution in [0.15, 0.2) is 41.8 Å². The largest absolute Gasteiger partial charge is 0.349 e. The summed E-state index contributed by atoms with van der Waals surface area (Å²) >= 11 is 0. The van der Waals surface area contributed by atoms with Gasteiger partial charge in [-0.3, -0.25) is 4.79 Å². The summed E-state index contributed by atoms with van der Waals surface area (Å²) in [6.45, 7) is 4.02. The lowest BCUT2D eigenvalue weighted by molar-refractivity contribution is -0.122. The first-order chi connectivity index (χ1) is 10.7. The number of rotatable bonds is 8. The fraction of sp³-hybridized carbons (Fsp3) is 0.471. The van der Waals surface area contributed by atoms with Crippen LogP contribution in [0.1, 0.15) is 25.8 Å². The third kappa shape index (κ3) is 8.52. The first-order valence-electron chi connectivity index (χ1n) is 7.65.